The fourth-order valence-electron chi connectivity index (χ4n) is 6.09. The normalized spacial score (nSPS) is 15.9. The molecule has 218 valence electrons. The molecule has 0 spiro atoms. The number of halogens is 1. The Hall–Kier alpha value is -4.28. The first-order valence-corrected chi connectivity index (χ1v) is 15.5. The van der Waals surface area contributed by atoms with E-state index in [1.807, 2.05) is 41.0 Å². The highest BCUT2D eigenvalue weighted by atomic mass is 32.2. The standard InChI is InChI=1S/C33H30FN5O3S/c1-38-13-4-7-23(38)8-10-37-33(41)25-19-39-27-15-20-5-2-3-6-21(20)16-28(27)42-31-29(39)24(30(25)40)17-26(34)32(31)43-14-9-22-18-35-11-12-36-22/h2-3,5-6,11-12,15-19,23H,4,7-10,13-14H2,1H3,(H,37,41). The van der Waals surface area contributed by atoms with Gasteiger partial charge in [-0.3, -0.25) is 19.6 Å². The van der Waals surface area contributed by atoms with Gasteiger partial charge in [-0.1, -0.05) is 24.3 Å². The zero-order chi connectivity index (χ0) is 29.5. The van der Waals surface area contributed by atoms with Crippen LogP contribution < -0.4 is 15.5 Å². The van der Waals surface area contributed by atoms with Crippen molar-refractivity contribution >= 4 is 39.3 Å². The Morgan fingerprint density at radius 2 is 2.02 bits per heavy atom. The van der Waals surface area contributed by atoms with Gasteiger partial charge in [0, 0.05) is 49.5 Å². The first-order valence-electron chi connectivity index (χ1n) is 14.5. The monoisotopic (exact) mass is 595 g/mol. The largest absolute Gasteiger partial charge is 0.452 e. The number of ether oxygens (including phenoxy) is 1. The quantitative estimate of drug-likeness (QED) is 0.225. The number of benzene rings is 3. The molecule has 0 aliphatic carbocycles. The number of thioether (sulfide) groups is 1. The van der Waals surface area contributed by atoms with Gasteiger partial charge in [-0.05, 0) is 61.8 Å². The summed E-state index contributed by atoms with van der Waals surface area (Å²) in [6.07, 6.45) is 10.1. The highest BCUT2D eigenvalue weighted by Gasteiger charge is 2.29. The van der Waals surface area contributed by atoms with Gasteiger partial charge in [-0.15, -0.1) is 11.8 Å². The summed E-state index contributed by atoms with van der Waals surface area (Å²) in [5.74, 6) is 0.294. The van der Waals surface area contributed by atoms with Gasteiger partial charge in [-0.25, -0.2) is 4.39 Å². The highest BCUT2D eigenvalue weighted by Crippen LogP contribution is 2.47. The summed E-state index contributed by atoms with van der Waals surface area (Å²) in [5.41, 5.74) is 1.38. The van der Waals surface area contributed by atoms with Crippen molar-refractivity contribution in [2.24, 2.45) is 0 Å². The Balaban J connectivity index is 1.30. The number of rotatable bonds is 8. The predicted octanol–water partition coefficient (Wildman–Crippen LogP) is 5.73. The number of aryl methyl sites for hydroxylation is 1. The molecule has 43 heavy (non-hydrogen) atoms. The van der Waals surface area contributed by atoms with Crippen LogP contribution in [0.1, 0.15) is 35.3 Å². The second-order valence-corrected chi connectivity index (χ2v) is 12.1. The number of hydrogen-bond donors (Lipinski definition) is 1. The summed E-state index contributed by atoms with van der Waals surface area (Å²) in [7, 11) is 2.09. The minimum Gasteiger partial charge on any atom is -0.452 e. The Kier molecular flexibility index (Phi) is 7.32. The lowest BCUT2D eigenvalue weighted by Crippen LogP contribution is -2.34. The van der Waals surface area contributed by atoms with Crippen molar-refractivity contribution in [3.05, 3.63) is 94.5 Å². The van der Waals surface area contributed by atoms with Crippen molar-refractivity contribution in [2.75, 3.05) is 25.9 Å². The third-order valence-corrected chi connectivity index (χ3v) is 9.43. The van der Waals surface area contributed by atoms with Gasteiger partial charge in [0.15, 0.2) is 11.5 Å². The smallest absolute Gasteiger partial charge is 0.256 e. The molecule has 5 aromatic rings. The molecule has 1 atom stereocenters. The van der Waals surface area contributed by atoms with Crippen LogP contribution in [0.4, 0.5) is 4.39 Å². The van der Waals surface area contributed by atoms with Gasteiger partial charge in [0.1, 0.15) is 16.9 Å². The van der Waals surface area contributed by atoms with Crippen LogP contribution in [0, 0.1) is 5.82 Å². The first kappa shape index (κ1) is 27.5. The zero-order valence-corrected chi connectivity index (χ0v) is 24.5. The van der Waals surface area contributed by atoms with E-state index in [0.29, 0.717) is 46.6 Å². The summed E-state index contributed by atoms with van der Waals surface area (Å²) in [6, 6.07) is 13.4. The van der Waals surface area contributed by atoms with E-state index in [4.69, 9.17) is 4.74 Å². The Labute approximate surface area is 251 Å². The van der Waals surface area contributed by atoms with E-state index in [-0.39, 0.29) is 16.7 Å². The van der Waals surface area contributed by atoms with Crippen LogP contribution in [0.25, 0.3) is 27.4 Å². The molecule has 1 saturated heterocycles. The number of hydrogen-bond acceptors (Lipinski definition) is 7. The number of nitrogens with one attached hydrogen (secondary N) is 1. The molecule has 2 aromatic heterocycles. The molecule has 7 rings (SSSR count). The molecule has 2 aliphatic rings. The third kappa shape index (κ3) is 5.14. The third-order valence-electron chi connectivity index (χ3n) is 8.35. The number of nitrogens with zero attached hydrogens (tertiary/aromatic N) is 4. The van der Waals surface area contributed by atoms with Crippen molar-refractivity contribution in [1.29, 1.82) is 0 Å². The van der Waals surface area contributed by atoms with Crippen LogP contribution in [0.3, 0.4) is 0 Å². The number of aromatic nitrogens is 3. The highest BCUT2D eigenvalue weighted by molar-refractivity contribution is 7.99. The van der Waals surface area contributed by atoms with E-state index in [1.165, 1.54) is 17.8 Å². The maximum absolute atomic E-state index is 15.8. The summed E-state index contributed by atoms with van der Waals surface area (Å²) in [6.45, 7) is 1.51. The van der Waals surface area contributed by atoms with Crippen molar-refractivity contribution in [3.8, 4) is 17.2 Å². The Morgan fingerprint density at radius 1 is 1.19 bits per heavy atom. The van der Waals surface area contributed by atoms with Crippen LogP contribution in [-0.2, 0) is 6.42 Å². The molecule has 1 N–H and O–H groups in total. The Morgan fingerprint density at radius 3 is 2.79 bits per heavy atom. The van der Waals surface area contributed by atoms with Gasteiger partial charge in [0.25, 0.3) is 5.91 Å². The average molecular weight is 596 g/mol. The molecule has 8 nitrogen and oxygen atoms in total. The van der Waals surface area contributed by atoms with Gasteiger partial charge in [0.05, 0.1) is 21.7 Å². The summed E-state index contributed by atoms with van der Waals surface area (Å²) in [5, 5.41) is 4.99. The maximum atomic E-state index is 15.8. The molecule has 1 amide bonds. The average Bonchev–Trinajstić information content (AvgIpc) is 3.43. The van der Waals surface area contributed by atoms with Crippen molar-refractivity contribution in [2.45, 2.75) is 36.6 Å². The van der Waals surface area contributed by atoms with Crippen LogP contribution in [-0.4, -0.2) is 57.3 Å². The number of carbonyl (C=O) groups is 1. The van der Waals surface area contributed by atoms with Gasteiger partial charge in [-0.2, -0.15) is 0 Å². The molecule has 1 unspecified atom stereocenters. The van der Waals surface area contributed by atoms with E-state index in [2.05, 4.69) is 27.2 Å². The van der Waals surface area contributed by atoms with E-state index in [0.717, 1.165) is 42.3 Å². The van der Waals surface area contributed by atoms with E-state index >= 15 is 4.39 Å². The molecule has 0 bridgehead atoms. The second kappa shape index (κ2) is 11.4. The summed E-state index contributed by atoms with van der Waals surface area (Å²) >= 11 is 1.30. The van der Waals surface area contributed by atoms with Crippen molar-refractivity contribution in [3.63, 3.8) is 0 Å². The van der Waals surface area contributed by atoms with Gasteiger partial charge in [0.2, 0.25) is 5.43 Å². The number of amides is 1. The predicted molar refractivity (Wildman–Crippen MR) is 166 cm³/mol. The van der Waals surface area contributed by atoms with E-state index in [9.17, 15) is 9.59 Å². The Bertz CT molecular complexity index is 1930. The van der Waals surface area contributed by atoms with Gasteiger partial charge >= 0.3 is 0 Å². The molecule has 4 heterocycles. The number of carbonyl (C=O) groups excluding carboxylic acids is 1. The topological polar surface area (TPSA) is 89.4 Å². The minimum absolute atomic E-state index is 0.0262. The van der Waals surface area contributed by atoms with Crippen molar-refractivity contribution < 1.29 is 13.9 Å². The molecule has 10 heteroatoms. The zero-order valence-electron chi connectivity index (χ0n) is 23.7. The molecular formula is C33H30FN5O3S. The fourth-order valence-corrected chi connectivity index (χ4v) is 7.07. The van der Waals surface area contributed by atoms with Gasteiger partial charge < -0.3 is 19.5 Å². The van der Waals surface area contributed by atoms with Crippen LogP contribution in [0.2, 0.25) is 0 Å². The summed E-state index contributed by atoms with van der Waals surface area (Å²) < 4.78 is 24.0. The first-order chi connectivity index (χ1) is 21.0. The molecule has 2 aliphatic heterocycles. The molecule has 0 saturated carbocycles. The van der Waals surface area contributed by atoms with E-state index < -0.39 is 17.2 Å². The molecular weight excluding hydrogens is 565 g/mol. The maximum Gasteiger partial charge on any atom is 0.256 e. The molecule has 0 radical (unpaired) electrons. The van der Waals surface area contributed by atoms with Crippen LogP contribution in [0.15, 0.2) is 76.9 Å². The summed E-state index contributed by atoms with van der Waals surface area (Å²) in [4.78, 5) is 38.2. The lowest BCUT2D eigenvalue weighted by Gasteiger charge is -2.26. The number of likely N-dealkylation sites (tertiary alicyclic amines) is 1. The fraction of sp³-hybridized carbons (Fsp3) is 0.273. The molecule has 3 aromatic carbocycles. The number of pyridine rings is 1. The SMILES string of the molecule is CN1CCCC1CCNC(=O)c1cn2c3c(c(SCCc4cnccn4)c(F)cc3c1=O)Oc1cc3ccccc3cc1-2. The minimum atomic E-state index is -0.568. The van der Waals surface area contributed by atoms with Crippen LogP contribution in [0.5, 0.6) is 11.5 Å². The second-order valence-electron chi connectivity index (χ2n) is 11.0. The lowest BCUT2D eigenvalue weighted by molar-refractivity contribution is 0.0949. The van der Waals surface area contributed by atoms with E-state index in [1.54, 1.807) is 24.8 Å². The number of fused-ring (bicyclic) bond motifs is 3. The molecule has 1 fully saturated rings. The lowest BCUT2D eigenvalue weighted by atomic mass is 10.0. The van der Waals surface area contributed by atoms with Crippen LogP contribution >= 0.6 is 11.8 Å². The van der Waals surface area contributed by atoms with Crippen molar-refractivity contribution in [1.82, 2.24) is 24.8 Å².